The Kier molecular flexibility index (Phi) is 7.28. The fourth-order valence-electron chi connectivity index (χ4n) is 2.35. The molecule has 0 aliphatic rings. The Labute approximate surface area is 156 Å². The minimum absolute atomic E-state index is 0.140. The lowest BCUT2D eigenvalue weighted by atomic mass is 10.1. The molecule has 0 radical (unpaired) electrons. The van der Waals surface area contributed by atoms with Crippen LogP contribution in [-0.2, 0) is 4.74 Å². The van der Waals surface area contributed by atoms with Gasteiger partial charge in [-0.1, -0.05) is 40.2 Å². The molecule has 0 saturated heterocycles. The third-order valence-corrected chi connectivity index (χ3v) is 4.37. The first-order valence-corrected chi connectivity index (χ1v) is 8.85. The molecule has 0 fully saturated rings. The molecular formula is C19H23BrN2O3. The van der Waals surface area contributed by atoms with Crippen molar-refractivity contribution in [2.24, 2.45) is 0 Å². The number of carbonyl (C=O) groups is 1. The van der Waals surface area contributed by atoms with Crippen molar-refractivity contribution in [2.45, 2.75) is 19.9 Å². The van der Waals surface area contributed by atoms with Crippen LogP contribution in [0.15, 0.2) is 46.9 Å². The molecule has 0 aromatic heterocycles. The van der Waals surface area contributed by atoms with Gasteiger partial charge in [-0.2, -0.15) is 0 Å². The normalized spacial score (nSPS) is 11.7. The number of hydrogen-bond donors (Lipinski definition) is 2. The van der Waals surface area contributed by atoms with Gasteiger partial charge >= 0.3 is 6.03 Å². The molecule has 0 spiro atoms. The Morgan fingerprint density at radius 1 is 1.20 bits per heavy atom. The predicted octanol–water partition coefficient (Wildman–Crippen LogP) is 4.67. The maximum atomic E-state index is 12.4. The largest absolute Gasteiger partial charge is 0.489 e. The van der Waals surface area contributed by atoms with E-state index in [9.17, 15) is 4.79 Å². The summed E-state index contributed by atoms with van der Waals surface area (Å²) in [5.41, 5.74) is 2.69. The first-order chi connectivity index (χ1) is 12.0. The van der Waals surface area contributed by atoms with Crippen molar-refractivity contribution in [3.8, 4) is 5.75 Å². The second-order valence-corrected chi connectivity index (χ2v) is 6.54. The third kappa shape index (κ3) is 5.76. The Bertz CT molecular complexity index is 722. The highest BCUT2D eigenvalue weighted by molar-refractivity contribution is 9.10. The minimum Gasteiger partial charge on any atom is -0.489 e. The SMILES string of the molecule is COCCOc1cc(C)ccc1NC(=O)NC(C)c1ccccc1Br. The minimum atomic E-state index is -0.288. The number of amides is 2. The van der Waals surface area contributed by atoms with Gasteiger partial charge in [0.15, 0.2) is 0 Å². The Hall–Kier alpha value is -2.05. The number of methoxy groups -OCH3 is 1. The van der Waals surface area contributed by atoms with Crippen LogP contribution in [0.25, 0.3) is 0 Å². The topological polar surface area (TPSA) is 59.6 Å². The van der Waals surface area contributed by atoms with Gasteiger partial charge in [-0.15, -0.1) is 0 Å². The van der Waals surface area contributed by atoms with E-state index >= 15 is 0 Å². The van der Waals surface area contributed by atoms with Crippen LogP contribution in [0.5, 0.6) is 5.75 Å². The molecule has 6 heteroatoms. The van der Waals surface area contributed by atoms with Crippen LogP contribution in [-0.4, -0.2) is 26.4 Å². The average Bonchev–Trinajstić information content (AvgIpc) is 2.57. The number of nitrogens with one attached hydrogen (secondary N) is 2. The lowest BCUT2D eigenvalue weighted by Gasteiger charge is -2.18. The first-order valence-electron chi connectivity index (χ1n) is 8.05. The molecular weight excluding hydrogens is 384 g/mol. The second-order valence-electron chi connectivity index (χ2n) is 5.68. The number of halogens is 1. The Morgan fingerprint density at radius 3 is 2.68 bits per heavy atom. The van der Waals surface area contributed by atoms with Crippen molar-refractivity contribution in [1.29, 1.82) is 0 Å². The summed E-state index contributed by atoms with van der Waals surface area (Å²) in [6, 6.07) is 13.0. The van der Waals surface area contributed by atoms with E-state index in [-0.39, 0.29) is 12.1 Å². The lowest BCUT2D eigenvalue weighted by Crippen LogP contribution is -2.31. The van der Waals surface area contributed by atoms with E-state index in [0.29, 0.717) is 24.7 Å². The van der Waals surface area contributed by atoms with Gasteiger partial charge in [-0.25, -0.2) is 4.79 Å². The van der Waals surface area contributed by atoms with Crippen molar-refractivity contribution in [1.82, 2.24) is 5.32 Å². The number of hydrogen-bond acceptors (Lipinski definition) is 3. The summed E-state index contributed by atoms with van der Waals surface area (Å²) in [7, 11) is 1.62. The van der Waals surface area contributed by atoms with Gasteiger partial charge in [-0.3, -0.25) is 0 Å². The molecule has 0 saturated carbocycles. The molecule has 25 heavy (non-hydrogen) atoms. The third-order valence-electron chi connectivity index (χ3n) is 3.65. The first kappa shape index (κ1) is 19.3. The van der Waals surface area contributed by atoms with E-state index < -0.39 is 0 Å². The van der Waals surface area contributed by atoms with E-state index in [2.05, 4.69) is 26.6 Å². The Morgan fingerprint density at radius 2 is 1.96 bits per heavy atom. The molecule has 2 aromatic carbocycles. The number of aryl methyl sites for hydroxylation is 1. The summed E-state index contributed by atoms with van der Waals surface area (Å²) in [4.78, 5) is 12.4. The molecule has 1 atom stereocenters. The zero-order valence-corrected chi connectivity index (χ0v) is 16.2. The molecule has 2 N–H and O–H groups in total. The molecule has 0 aliphatic heterocycles. The highest BCUT2D eigenvalue weighted by atomic mass is 79.9. The molecule has 134 valence electrons. The number of urea groups is 1. The van der Waals surface area contributed by atoms with Gasteiger partial charge in [0.05, 0.1) is 18.3 Å². The summed E-state index contributed by atoms with van der Waals surface area (Å²) < 4.78 is 11.7. The van der Waals surface area contributed by atoms with Crippen molar-refractivity contribution in [3.05, 3.63) is 58.1 Å². The van der Waals surface area contributed by atoms with Crippen molar-refractivity contribution in [3.63, 3.8) is 0 Å². The van der Waals surface area contributed by atoms with E-state index in [1.165, 1.54) is 0 Å². The van der Waals surface area contributed by atoms with Gasteiger partial charge in [0.1, 0.15) is 12.4 Å². The van der Waals surface area contributed by atoms with E-state index in [4.69, 9.17) is 9.47 Å². The van der Waals surface area contributed by atoms with Gasteiger partial charge < -0.3 is 20.1 Å². The molecule has 2 aromatic rings. The van der Waals surface area contributed by atoms with Crippen LogP contribution in [0.2, 0.25) is 0 Å². The molecule has 2 rings (SSSR count). The monoisotopic (exact) mass is 406 g/mol. The van der Waals surface area contributed by atoms with Crippen LogP contribution >= 0.6 is 15.9 Å². The number of benzene rings is 2. The average molecular weight is 407 g/mol. The molecule has 0 aliphatic carbocycles. The fraction of sp³-hybridized carbons (Fsp3) is 0.316. The number of ether oxygens (including phenoxy) is 2. The smallest absolute Gasteiger partial charge is 0.319 e. The lowest BCUT2D eigenvalue weighted by molar-refractivity contribution is 0.146. The van der Waals surface area contributed by atoms with Gasteiger partial charge in [-0.05, 0) is 43.2 Å². The van der Waals surface area contributed by atoms with Crippen molar-refractivity contribution < 1.29 is 14.3 Å². The maximum Gasteiger partial charge on any atom is 0.319 e. The number of rotatable bonds is 7. The predicted molar refractivity (Wildman–Crippen MR) is 103 cm³/mol. The maximum absolute atomic E-state index is 12.4. The van der Waals surface area contributed by atoms with E-state index in [0.717, 1.165) is 15.6 Å². The van der Waals surface area contributed by atoms with Crippen molar-refractivity contribution >= 4 is 27.6 Å². The van der Waals surface area contributed by atoms with Crippen LogP contribution < -0.4 is 15.4 Å². The highest BCUT2D eigenvalue weighted by Crippen LogP contribution is 2.26. The van der Waals surface area contributed by atoms with Gasteiger partial charge in [0, 0.05) is 11.6 Å². The number of carbonyl (C=O) groups excluding carboxylic acids is 1. The summed E-state index contributed by atoms with van der Waals surface area (Å²) >= 11 is 3.50. The Balaban J connectivity index is 2.03. The second kappa shape index (κ2) is 9.44. The molecule has 2 amide bonds. The quantitative estimate of drug-likeness (QED) is 0.656. The van der Waals surface area contributed by atoms with E-state index in [1.807, 2.05) is 56.3 Å². The van der Waals surface area contributed by atoms with Crippen LogP contribution in [0.3, 0.4) is 0 Å². The van der Waals surface area contributed by atoms with Crippen LogP contribution in [0, 0.1) is 6.92 Å². The standard InChI is InChI=1S/C19H23BrN2O3/c1-13-8-9-17(18(12-13)25-11-10-24-3)22-19(23)21-14(2)15-6-4-5-7-16(15)20/h4-9,12,14H,10-11H2,1-3H3,(H2,21,22,23). The summed E-state index contributed by atoms with van der Waals surface area (Å²) in [5.74, 6) is 0.626. The van der Waals surface area contributed by atoms with Crippen molar-refractivity contribution in [2.75, 3.05) is 25.6 Å². The molecule has 0 heterocycles. The zero-order chi connectivity index (χ0) is 18.2. The van der Waals surface area contributed by atoms with Crippen LogP contribution in [0.1, 0.15) is 24.1 Å². The van der Waals surface area contributed by atoms with E-state index in [1.54, 1.807) is 7.11 Å². The molecule has 1 unspecified atom stereocenters. The number of anilines is 1. The molecule has 5 nitrogen and oxygen atoms in total. The summed E-state index contributed by atoms with van der Waals surface area (Å²) in [6.07, 6.45) is 0. The van der Waals surface area contributed by atoms with Crippen LogP contribution in [0.4, 0.5) is 10.5 Å². The fourth-order valence-corrected chi connectivity index (χ4v) is 2.97. The summed E-state index contributed by atoms with van der Waals surface area (Å²) in [5, 5.41) is 5.79. The zero-order valence-electron chi connectivity index (χ0n) is 14.6. The highest BCUT2D eigenvalue weighted by Gasteiger charge is 2.14. The van der Waals surface area contributed by atoms with Gasteiger partial charge in [0.25, 0.3) is 0 Å². The summed E-state index contributed by atoms with van der Waals surface area (Å²) in [6.45, 7) is 4.81. The molecule has 0 bridgehead atoms. The van der Waals surface area contributed by atoms with Gasteiger partial charge in [0.2, 0.25) is 0 Å².